The molecule has 1 saturated heterocycles. The number of ether oxygens (including phenoxy) is 1. The van der Waals surface area contributed by atoms with Gasteiger partial charge in [0.2, 0.25) is 0 Å². The first-order valence-corrected chi connectivity index (χ1v) is 7.63. The van der Waals surface area contributed by atoms with Crippen molar-refractivity contribution in [1.29, 1.82) is 0 Å². The third kappa shape index (κ3) is 4.21. The molecule has 1 unspecified atom stereocenters. The molecular formula is C16H23N3O3. The molecule has 120 valence electrons. The number of carbonyl (C=O) groups is 2. The summed E-state index contributed by atoms with van der Waals surface area (Å²) < 4.78 is 5.58. The van der Waals surface area contributed by atoms with Crippen molar-refractivity contribution in [2.45, 2.75) is 25.9 Å². The van der Waals surface area contributed by atoms with Crippen molar-refractivity contribution in [3.63, 3.8) is 0 Å². The molecule has 6 heteroatoms. The van der Waals surface area contributed by atoms with Crippen LogP contribution in [-0.4, -0.2) is 49.7 Å². The Labute approximate surface area is 130 Å². The minimum atomic E-state index is -0.178. The van der Waals surface area contributed by atoms with Crippen LogP contribution in [0.1, 0.15) is 30.1 Å². The number of carbonyl (C=O) groups excluding carboxylic acids is 2. The first-order valence-electron chi connectivity index (χ1n) is 7.63. The summed E-state index contributed by atoms with van der Waals surface area (Å²) in [6, 6.07) is 6.71. The lowest BCUT2D eigenvalue weighted by Crippen LogP contribution is -2.40. The second-order valence-corrected chi connectivity index (χ2v) is 5.26. The minimum Gasteiger partial charge on any atom is -0.376 e. The average Bonchev–Trinajstić information content (AvgIpc) is 3.05. The number of hydrogen-bond acceptors (Lipinski definition) is 3. The predicted molar refractivity (Wildman–Crippen MR) is 85.1 cm³/mol. The minimum absolute atomic E-state index is 0.128. The molecule has 0 radical (unpaired) electrons. The van der Waals surface area contributed by atoms with Crippen LogP contribution >= 0.6 is 0 Å². The van der Waals surface area contributed by atoms with E-state index >= 15 is 0 Å². The average molecular weight is 305 g/mol. The molecule has 6 nitrogen and oxygen atoms in total. The quantitative estimate of drug-likeness (QED) is 0.875. The summed E-state index contributed by atoms with van der Waals surface area (Å²) in [5.41, 5.74) is 1.12. The van der Waals surface area contributed by atoms with Crippen molar-refractivity contribution in [3.05, 3.63) is 29.8 Å². The Hall–Kier alpha value is -2.08. The number of nitrogens with one attached hydrogen (secondary N) is 2. The summed E-state index contributed by atoms with van der Waals surface area (Å²) in [5, 5.41) is 5.40. The van der Waals surface area contributed by atoms with Crippen LogP contribution in [0.15, 0.2) is 24.3 Å². The molecule has 1 aromatic carbocycles. The molecule has 22 heavy (non-hydrogen) atoms. The highest BCUT2D eigenvalue weighted by Gasteiger charge is 2.21. The Balaban J connectivity index is 1.98. The van der Waals surface area contributed by atoms with Gasteiger partial charge in [0.25, 0.3) is 5.91 Å². The van der Waals surface area contributed by atoms with Crippen LogP contribution in [-0.2, 0) is 4.74 Å². The van der Waals surface area contributed by atoms with Gasteiger partial charge in [-0.1, -0.05) is 6.07 Å². The number of amides is 3. The van der Waals surface area contributed by atoms with Crippen LogP contribution < -0.4 is 10.6 Å². The Morgan fingerprint density at radius 2 is 2.23 bits per heavy atom. The lowest BCUT2D eigenvalue weighted by molar-refractivity contribution is 0.0849. The number of anilines is 1. The molecule has 2 rings (SSSR count). The molecule has 1 atom stereocenters. The van der Waals surface area contributed by atoms with Crippen molar-refractivity contribution >= 4 is 17.6 Å². The molecule has 1 heterocycles. The summed E-state index contributed by atoms with van der Waals surface area (Å²) >= 11 is 0. The molecule has 0 saturated carbocycles. The van der Waals surface area contributed by atoms with Crippen molar-refractivity contribution < 1.29 is 14.3 Å². The summed E-state index contributed by atoms with van der Waals surface area (Å²) in [4.78, 5) is 25.7. The lowest BCUT2D eigenvalue weighted by Gasteiger charge is -2.24. The molecule has 1 aromatic rings. The van der Waals surface area contributed by atoms with Gasteiger partial charge in [0, 0.05) is 38.0 Å². The zero-order valence-electron chi connectivity index (χ0n) is 13.1. The SMILES string of the molecule is CCN(CC1CCCO1)C(=O)Nc1cccc(C(=O)NC)c1. The maximum absolute atomic E-state index is 12.3. The van der Waals surface area contributed by atoms with E-state index in [4.69, 9.17) is 4.74 Å². The third-order valence-corrected chi connectivity index (χ3v) is 3.72. The monoisotopic (exact) mass is 305 g/mol. The van der Waals surface area contributed by atoms with Crippen LogP contribution in [0.3, 0.4) is 0 Å². The van der Waals surface area contributed by atoms with E-state index in [2.05, 4.69) is 10.6 Å². The van der Waals surface area contributed by atoms with E-state index in [1.165, 1.54) is 0 Å². The summed E-state index contributed by atoms with van der Waals surface area (Å²) in [5.74, 6) is -0.178. The number of hydrogen-bond donors (Lipinski definition) is 2. The van der Waals surface area contributed by atoms with Gasteiger partial charge in [-0.05, 0) is 38.0 Å². The predicted octanol–water partition coefficient (Wildman–Crippen LogP) is 2.08. The van der Waals surface area contributed by atoms with Gasteiger partial charge in [-0.15, -0.1) is 0 Å². The Kier molecular flexibility index (Phi) is 5.77. The van der Waals surface area contributed by atoms with E-state index in [1.54, 1.807) is 36.2 Å². The molecule has 0 aromatic heterocycles. The lowest BCUT2D eigenvalue weighted by atomic mass is 10.2. The second kappa shape index (κ2) is 7.79. The fraction of sp³-hybridized carbons (Fsp3) is 0.500. The summed E-state index contributed by atoms with van der Waals surface area (Å²) in [7, 11) is 1.58. The van der Waals surface area contributed by atoms with Gasteiger partial charge in [0.05, 0.1) is 6.10 Å². The smallest absolute Gasteiger partial charge is 0.321 e. The van der Waals surface area contributed by atoms with E-state index in [0.29, 0.717) is 24.3 Å². The van der Waals surface area contributed by atoms with Gasteiger partial charge in [-0.2, -0.15) is 0 Å². The molecule has 1 fully saturated rings. The van der Waals surface area contributed by atoms with Crippen LogP contribution in [0.5, 0.6) is 0 Å². The maximum atomic E-state index is 12.3. The molecule has 1 aliphatic heterocycles. The van der Waals surface area contributed by atoms with Gasteiger partial charge in [-0.3, -0.25) is 4.79 Å². The fourth-order valence-electron chi connectivity index (χ4n) is 2.47. The molecule has 3 amide bonds. The van der Waals surface area contributed by atoms with Gasteiger partial charge < -0.3 is 20.3 Å². The molecular weight excluding hydrogens is 282 g/mol. The normalized spacial score (nSPS) is 17.1. The van der Waals surface area contributed by atoms with E-state index in [0.717, 1.165) is 19.4 Å². The molecule has 0 aliphatic carbocycles. The van der Waals surface area contributed by atoms with Gasteiger partial charge >= 0.3 is 6.03 Å². The van der Waals surface area contributed by atoms with E-state index in [-0.39, 0.29) is 18.0 Å². The van der Waals surface area contributed by atoms with Crippen molar-refractivity contribution in [2.75, 3.05) is 32.1 Å². The second-order valence-electron chi connectivity index (χ2n) is 5.26. The summed E-state index contributed by atoms with van der Waals surface area (Å²) in [6.45, 7) is 3.92. The van der Waals surface area contributed by atoms with Gasteiger partial charge in [0.15, 0.2) is 0 Å². The zero-order valence-corrected chi connectivity index (χ0v) is 13.1. The zero-order chi connectivity index (χ0) is 15.9. The van der Waals surface area contributed by atoms with Crippen molar-refractivity contribution in [1.82, 2.24) is 10.2 Å². The van der Waals surface area contributed by atoms with Crippen LogP contribution in [0, 0.1) is 0 Å². The molecule has 0 spiro atoms. The number of benzene rings is 1. The highest BCUT2D eigenvalue weighted by Crippen LogP contribution is 2.15. The number of rotatable bonds is 5. The Morgan fingerprint density at radius 3 is 2.86 bits per heavy atom. The fourth-order valence-corrected chi connectivity index (χ4v) is 2.47. The number of nitrogens with zero attached hydrogens (tertiary/aromatic N) is 1. The third-order valence-electron chi connectivity index (χ3n) is 3.72. The number of likely N-dealkylation sites (N-methyl/N-ethyl adjacent to an activating group) is 1. The first kappa shape index (κ1) is 16.3. The summed E-state index contributed by atoms with van der Waals surface area (Å²) in [6.07, 6.45) is 2.18. The topological polar surface area (TPSA) is 70.7 Å². The van der Waals surface area contributed by atoms with Gasteiger partial charge in [0.1, 0.15) is 0 Å². The van der Waals surface area contributed by atoms with Crippen LogP contribution in [0.4, 0.5) is 10.5 Å². The van der Waals surface area contributed by atoms with Crippen LogP contribution in [0.2, 0.25) is 0 Å². The Morgan fingerprint density at radius 1 is 1.41 bits per heavy atom. The maximum Gasteiger partial charge on any atom is 0.321 e. The molecule has 1 aliphatic rings. The standard InChI is InChI=1S/C16H23N3O3/c1-3-19(11-14-8-5-9-22-14)16(21)18-13-7-4-6-12(10-13)15(20)17-2/h4,6-7,10,14H,3,5,8-9,11H2,1-2H3,(H,17,20)(H,18,21). The molecule has 2 N–H and O–H groups in total. The van der Waals surface area contributed by atoms with E-state index < -0.39 is 0 Å². The van der Waals surface area contributed by atoms with E-state index in [1.807, 2.05) is 6.92 Å². The first-order chi connectivity index (χ1) is 10.6. The van der Waals surface area contributed by atoms with E-state index in [9.17, 15) is 9.59 Å². The largest absolute Gasteiger partial charge is 0.376 e. The van der Waals surface area contributed by atoms with Crippen molar-refractivity contribution in [3.8, 4) is 0 Å². The number of urea groups is 1. The van der Waals surface area contributed by atoms with Crippen LogP contribution in [0.25, 0.3) is 0 Å². The van der Waals surface area contributed by atoms with Crippen molar-refractivity contribution in [2.24, 2.45) is 0 Å². The van der Waals surface area contributed by atoms with Gasteiger partial charge in [-0.25, -0.2) is 4.79 Å². The highest BCUT2D eigenvalue weighted by atomic mass is 16.5. The Bertz CT molecular complexity index is 527. The molecule has 0 bridgehead atoms. The highest BCUT2D eigenvalue weighted by molar-refractivity contribution is 5.96.